The van der Waals surface area contributed by atoms with E-state index in [-0.39, 0.29) is 18.5 Å². The summed E-state index contributed by atoms with van der Waals surface area (Å²) in [6.07, 6.45) is 1.11. The number of rotatable bonds is 9. The van der Waals surface area contributed by atoms with Crippen LogP contribution in [0.25, 0.3) is 0 Å². The van der Waals surface area contributed by atoms with E-state index in [1.807, 2.05) is 13.0 Å². The highest BCUT2D eigenvalue weighted by Gasteiger charge is 2.20. The summed E-state index contributed by atoms with van der Waals surface area (Å²) < 4.78 is 36.8. The average molecular weight is 537 g/mol. The van der Waals surface area contributed by atoms with E-state index in [2.05, 4.69) is 5.32 Å². The predicted octanol–water partition coefficient (Wildman–Crippen LogP) is 5.47. The number of anilines is 1. The van der Waals surface area contributed by atoms with Crippen LogP contribution in [0, 0.1) is 0 Å². The summed E-state index contributed by atoms with van der Waals surface area (Å²) in [6.45, 7) is 1.90. The summed E-state index contributed by atoms with van der Waals surface area (Å²) in [4.78, 5) is 12.9. The van der Waals surface area contributed by atoms with Gasteiger partial charge in [-0.25, -0.2) is 8.42 Å². The van der Waals surface area contributed by atoms with E-state index in [9.17, 15) is 13.2 Å². The number of sulfonamides is 1. The molecule has 0 spiro atoms. The van der Waals surface area contributed by atoms with Crippen molar-refractivity contribution in [3.8, 4) is 11.5 Å². The Morgan fingerprint density at radius 1 is 0.971 bits per heavy atom. The number of benzene rings is 3. The Bertz CT molecular complexity index is 1290. The molecule has 35 heavy (non-hydrogen) atoms. The SMILES string of the molecule is COc1ccc(OC)c([C@H](C)NC(=O)c2ccc(CN(c3cc(Cl)cc(Cl)c3)S(C)(=O)=O)cc2)c1. The lowest BCUT2D eigenvalue weighted by atomic mass is 10.1. The molecule has 0 aliphatic rings. The predicted molar refractivity (Wildman–Crippen MR) is 139 cm³/mol. The third-order valence-corrected chi connectivity index (χ3v) is 6.91. The zero-order valence-corrected chi connectivity index (χ0v) is 22.0. The number of carbonyl (C=O) groups excluding carboxylic acids is 1. The van der Waals surface area contributed by atoms with Crippen molar-refractivity contribution in [2.24, 2.45) is 0 Å². The molecule has 0 radical (unpaired) electrons. The Hall–Kier alpha value is -2.94. The highest BCUT2D eigenvalue weighted by Crippen LogP contribution is 2.30. The molecule has 3 aromatic carbocycles. The van der Waals surface area contributed by atoms with E-state index in [0.717, 1.165) is 11.8 Å². The van der Waals surface area contributed by atoms with Crippen molar-refractivity contribution in [1.29, 1.82) is 0 Å². The van der Waals surface area contributed by atoms with Gasteiger partial charge in [-0.3, -0.25) is 9.10 Å². The van der Waals surface area contributed by atoms with Gasteiger partial charge < -0.3 is 14.8 Å². The van der Waals surface area contributed by atoms with E-state index >= 15 is 0 Å². The number of ether oxygens (including phenoxy) is 2. The molecule has 3 rings (SSSR count). The van der Waals surface area contributed by atoms with Crippen molar-refractivity contribution in [3.05, 3.63) is 87.4 Å². The minimum Gasteiger partial charge on any atom is -0.497 e. The van der Waals surface area contributed by atoms with Gasteiger partial charge in [-0.15, -0.1) is 0 Å². The maximum absolute atomic E-state index is 12.9. The molecule has 0 aliphatic carbocycles. The standard InChI is InChI=1S/C25H26Cl2N2O5S/c1-16(23-14-22(33-2)9-10-24(23)34-3)28-25(30)18-7-5-17(6-8-18)15-29(35(4,31)32)21-12-19(26)11-20(27)13-21/h5-14,16H,15H2,1-4H3,(H,28,30)/t16-/m0/s1. The third-order valence-electron chi connectivity index (χ3n) is 5.33. The molecule has 0 saturated carbocycles. The maximum atomic E-state index is 12.9. The Morgan fingerprint density at radius 2 is 1.60 bits per heavy atom. The zero-order chi connectivity index (χ0) is 25.8. The smallest absolute Gasteiger partial charge is 0.251 e. The van der Waals surface area contributed by atoms with Crippen LogP contribution in [-0.4, -0.2) is 34.8 Å². The molecule has 0 bridgehead atoms. The Kier molecular flexibility index (Phi) is 8.53. The second-order valence-electron chi connectivity index (χ2n) is 7.90. The van der Waals surface area contributed by atoms with E-state index in [0.29, 0.717) is 38.4 Å². The molecule has 0 saturated heterocycles. The summed E-state index contributed by atoms with van der Waals surface area (Å²) in [5, 5.41) is 3.61. The van der Waals surface area contributed by atoms with Crippen LogP contribution in [0.4, 0.5) is 5.69 Å². The van der Waals surface area contributed by atoms with Crippen LogP contribution < -0.4 is 19.1 Å². The van der Waals surface area contributed by atoms with Crippen LogP contribution in [0.5, 0.6) is 11.5 Å². The number of nitrogens with one attached hydrogen (secondary N) is 1. The molecule has 10 heteroatoms. The van der Waals surface area contributed by atoms with Crippen LogP contribution in [-0.2, 0) is 16.6 Å². The normalized spacial score (nSPS) is 12.1. The fourth-order valence-corrected chi connectivity index (χ4v) is 4.93. The number of hydrogen-bond donors (Lipinski definition) is 1. The lowest BCUT2D eigenvalue weighted by molar-refractivity contribution is 0.0939. The second kappa shape index (κ2) is 11.2. The van der Waals surface area contributed by atoms with Crippen LogP contribution in [0.2, 0.25) is 10.0 Å². The molecule has 186 valence electrons. The van der Waals surface area contributed by atoms with Crippen molar-refractivity contribution in [2.75, 3.05) is 24.8 Å². The second-order valence-corrected chi connectivity index (χ2v) is 10.7. The quantitative estimate of drug-likeness (QED) is 0.392. The maximum Gasteiger partial charge on any atom is 0.251 e. The van der Waals surface area contributed by atoms with Crippen molar-refractivity contribution in [1.82, 2.24) is 5.32 Å². The van der Waals surface area contributed by atoms with Gasteiger partial charge in [-0.05, 0) is 61.0 Å². The van der Waals surface area contributed by atoms with Crippen LogP contribution in [0.15, 0.2) is 60.7 Å². The molecular formula is C25H26Cl2N2O5S. The molecule has 7 nitrogen and oxygen atoms in total. The number of methoxy groups -OCH3 is 2. The van der Waals surface area contributed by atoms with Crippen molar-refractivity contribution < 1.29 is 22.7 Å². The van der Waals surface area contributed by atoms with E-state index in [4.69, 9.17) is 32.7 Å². The summed E-state index contributed by atoms with van der Waals surface area (Å²) in [5.74, 6) is 1.01. The highest BCUT2D eigenvalue weighted by atomic mass is 35.5. The van der Waals surface area contributed by atoms with Gasteiger partial charge in [0.05, 0.1) is 38.7 Å². The molecule has 0 unspecified atom stereocenters. The van der Waals surface area contributed by atoms with Crippen LogP contribution in [0.3, 0.4) is 0 Å². The van der Waals surface area contributed by atoms with E-state index in [1.165, 1.54) is 22.5 Å². The molecule has 0 heterocycles. The molecule has 1 amide bonds. The molecule has 0 aliphatic heterocycles. The number of halogens is 2. The van der Waals surface area contributed by atoms with E-state index < -0.39 is 10.0 Å². The van der Waals surface area contributed by atoms with Crippen molar-refractivity contribution in [2.45, 2.75) is 19.5 Å². The molecule has 3 aromatic rings. The largest absolute Gasteiger partial charge is 0.497 e. The zero-order valence-electron chi connectivity index (χ0n) is 19.7. The Labute approximate surface area is 215 Å². The van der Waals surface area contributed by atoms with E-state index in [1.54, 1.807) is 50.6 Å². The summed E-state index contributed by atoms with van der Waals surface area (Å²) in [6, 6.07) is 16.3. The monoisotopic (exact) mass is 536 g/mol. The fraction of sp³-hybridized carbons (Fsp3) is 0.240. The number of carbonyl (C=O) groups is 1. The first kappa shape index (κ1) is 26.7. The fourth-order valence-electron chi connectivity index (χ4n) is 3.55. The van der Waals surface area contributed by atoms with Gasteiger partial charge >= 0.3 is 0 Å². The number of amides is 1. The van der Waals surface area contributed by atoms with Gasteiger partial charge in [0.25, 0.3) is 5.91 Å². The van der Waals surface area contributed by atoms with Gasteiger partial charge in [0.1, 0.15) is 11.5 Å². The topological polar surface area (TPSA) is 84.9 Å². The minimum absolute atomic E-state index is 0.0504. The first-order valence-corrected chi connectivity index (χ1v) is 13.2. The lowest BCUT2D eigenvalue weighted by Crippen LogP contribution is -2.29. The summed E-state index contributed by atoms with van der Waals surface area (Å²) in [7, 11) is -0.484. The first-order valence-electron chi connectivity index (χ1n) is 10.6. The number of nitrogens with zero attached hydrogens (tertiary/aromatic N) is 1. The van der Waals surface area contributed by atoms with Gasteiger partial charge in [0, 0.05) is 21.2 Å². The molecule has 0 fully saturated rings. The molecule has 1 N–H and O–H groups in total. The number of hydrogen-bond acceptors (Lipinski definition) is 5. The minimum atomic E-state index is -3.62. The van der Waals surface area contributed by atoms with Gasteiger partial charge in [0.2, 0.25) is 10.0 Å². The third kappa shape index (κ3) is 6.81. The van der Waals surface area contributed by atoms with Crippen molar-refractivity contribution in [3.63, 3.8) is 0 Å². The summed E-state index contributed by atoms with van der Waals surface area (Å²) >= 11 is 12.1. The van der Waals surface area contributed by atoms with Crippen LogP contribution in [0.1, 0.15) is 34.5 Å². The molecular weight excluding hydrogens is 511 g/mol. The molecule has 1 atom stereocenters. The van der Waals surface area contributed by atoms with Gasteiger partial charge in [0.15, 0.2) is 0 Å². The summed E-state index contributed by atoms with van der Waals surface area (Å²) in [5.41, 5.74) is 2.25. The molecule has 0 aromatic heterocycles. The van der Waals surface area contributed by atoms with Crippen LogP contribution >= 0.6 is 23.2 Å². The Morgan fingerprint density at radius 3 is 2.14 bits per heavy atom. The van der Waals surface area contributed by atoms with Gasteiger partial charge in [-0.1, -0.05) is 35.3 Å². The van der Waals surface area contributed by atoms with Gasteiger partial charge in [-0.2, -0.15) is 0 Å². The Balaban J connectivity index is 1.77. The average Bonchev–Trinajstić information content (AvgIpc) is 2.80. The van der Waals surface area contributed by atoms with Crippen molar-refractivity contribution >= 4 is 44.8 Å². The lowest BCUT2D eigenvalue weighted by Gasteiger charge is -2.23. The highest BCUT2D eigenvalue weighted by molar-refractivity contribution is 7.92. The first-order chi connectivity index (χ1) is 16.5.